The van der Waals surface area contributed by atoms with E-state index in [1.165, 1.54) is 11.8 Å². The normalized spacial score (nSPS) is 13.4. The number of hydrogen-bond donors (Lipinski definition) is 2. The molecular weight excluding hydrogens is 485 g/mol. The van der Waals surface area contributed by atoms with E-state index < -0.39 is 48.9 Å². The number of nitrogens with zero attached hydrogens (tertiary/aromatic N) is 1. The van der Waals surface area contributed by atoms with Crippen LogP contribution < -0.4 is 10.0 Å². The number of amides is 1. The maximum atomic E-state index is 13.4. The third-order valence-electron chi connectivity index (χ3n) is 3.70. The second-order valence-corrected chi connectivity index (χ2v) is 8.64. The van der Waals surface area contributed by atoms with Crippen molar-refractivity contribution in [2.45, 2.75) is 24.0 Å². The molecule has 0 saturated carbocycles. The molecule has 1 amide bonds. The molecule has 1 heterocycles. The zero-order chi connectivity index (χ0) is 22.3. The van der Waals surface area contributed by atoms with Gasteiger partial charge in [0.15, 0.2) is 0 Å². The number of sulfonamides is 1. The van der Waals surface area contributed by atoms with Gasteiger partial charge < -0.3 is 9.88 Å². The molecule has 0 aliphatic heterocycles. The summed E-state index contributed by atoms with van der Waals surface area (Å²) < 4.78 is 78.4. The summed E-state index contributed by atoms with van der Waals surface area (Å²) in [6, 6.07) is -0.335. The van der Waals surface area contributed by atoms with Crippen LogP contribution in [0.1, 0.15) is 17.4 Å². The molecule has 0 bridgehead atoms. The molecule has 0 aliphatic carbocycles. The first-order chi connectivity index (χ1) is 13.2. The molecule has 2 N–H and O–H groups in total. The van der Waals surface area contributed by atoms with Crippen LogP contribution in [0.15, 0.2) is 23.2 Å². The van der Waals surface area contributed by atoms with Gasteiger partial charge >= 0.3 is 6.18 Å². The van der Waals surface area contributed by atoms with Crippen LogP contribution in [0.5, 0.6) is 0 Å². The van der Waals surface area contributed by atoms with Gasteiger partial charge in [0.25, 0.3) is 5.91 Å². The summed E-state index contributed by atoms with van der Waals surface area (Å²) in [5, 5.41) is 0.914. The molecule has 0 saturated heterocycles. The van der Waals surface area contributed by atoms with E-state index in [4.69, 9.17) is 34.8 Å². The zero-order valence-corrected chi connectivity index (χ0v) is 17.6. The van der Waals surface area contributed by atoms with E-state index in [-0.39, 0.29) is 16.4 Å². The lowest BCUT2D eigenvalue weighted by atomic mass is 10.3. The summed E-state index contributed by atoms with van der Waals surface area (Å²) in [4.78, 5) is 11.8. The molecule has 0 unspecified atom stereocenters. The Balaban J connectivity index is 2.39. The molecule has 2 aromatic rings. The fourth-order valence-electron chi connectivity index (χ4n) is 2.18. The third kappa shape index (κ3) is 4.97. The highest BCUT2D eigenvalue weighted by Crippen LogP contribution is 2.34. The summed E-state index contributed by atoms with van der Waals surface area (Å²) in [5.74, 6) is -1.78. The lowest BCUT2D eigenvalue weighted by Crippen LogP contribution is -2.42. The lowest BCUT2D eigenvalue weighted by molar-refractivity contribution is -0.147. The second-order valence-electron chi connectivity index (χ2n) is 5.83. The summed E-state index contributed by atoms with van der Waals surface area (Å²) in [6.45, 7) is 0.613. The monoisotopic (exact) mass is 495 g/mol. The summed E-state index contributed by atoms with van der Waals surface area (Å²) in [7, 11) is -3.45. The standard InChI is InChI=1S/C15H12Cl3F4N3O3S/c1-6(15(20,21)22)24-29(27,28)9-5-25(2)13(12(9)18)14(26)23-8-4-3-7(19)10(16)11(8)17/h3-6,24H,1-2H3,(H,23,26)/t6-/m1/s1. The van der Waals surface area contributed by atoms with Gasteiger partial charge in [0, 0.05) is 13.2 Å². The molecule has 0 radical (unpaired) electrons. The Morgan fingerprint density at radius 3 is 2.28 bits per heavy atom. The average Bonchev–Trinajstić information content (AvgIpc) is 2.89. The minimum Gasteiger partial charge on any atom is -0.344 e. The molecule has 1 aromatic carbocycles. The van der Waals surface area contributed by atoms with Crippen LogP contribution in [0.3, 0.4) is 0 Å². The van der Waals surface area contributed by atoms with Gasteiger partial charge in [-0.05, 0) is 19.1 Å². The predicted molar refractivity (Wildman–Crippen MR) is 101 cm³/mol. The number of aromatic nitrogens is 1. The Bertz CT molecular complexity index is 1070. The highest BCUT2D eigenvalue weighted by atomic mass is 35.5. The highest BCUT2D eigenvalue weighted by Gasteiger charge is 2.40. The molecule has 29 heavy (non-hydrogen) atoms. The number of nitrogens with one attached hydrogen (secondary N) is 2. The van der Waals surface area contributed by atoms with Crippen molar-refractivity contribution in [3.63, 3.8) is 0 Å². The Hall–Kier alpha value is -1.53. The van der Waals surface area contributed by atoms with Gasteiger partial charge in [-0.1, -0.05) is 34.8 Å². The number of hydrogen-bond acceptors (Lipinski definition) is 3. The van der Waals surface area contributed by atoms with Crippen molar-refractivity contribution in [2.75, 3.05) is 5.32 Å². The van der Waals surface area contributed by atoms with Crippen molar-refractivity contribution >= 4 is 56.4 Å². The van der Waals surface area contributed by atoms with Crippen molar-refractivity contribution in [3.8, 4) is 0 Å². The molecule has 2 rings (SSSR count). The fourth-order valence-corrected chi connectivity index (χ4v) is 4.48. The minimum atomic E-state index is -4.83. The molecule has 1 aromatic heterocycles. The van der Waals surface area contributed by atoms with Crippen LogP contribution in [-0.4, -0.2) is 31.1 Å². The van der Waals surface area contributed by atoms with Crippen LogP contribution in [0.2, 0.25) is 15.1 Å². The van der Waals surface area contributed by atoms with Gasteiger partial charge in [0.05, 0.1) is 20.8 Å². The number of carbonyl (C=O) groups excluding carboxylic acids is 1. The molecule has 6 nitrogen and oxygen atoms in total. The first-order valence-corrected chi connectivity index (χ1v) is 10.2. The summed E-state index contributed by atoms with van der Waals surface area (Å²) in [6.07, 6.45) is -3.95. The largest absolute Gasteiger partial charge is 0.404 e. The van der Waals surface area contributed by atoms with Crippen molar-refractivity contribution in [1.29, 1.82) is 0 Å². The van der Waals surface area contributed by atoms with Crippen LogP contribution >= 0.6 is 34.8 Å². The smallest absolute Gasteiger partial charge is 0.344 e. The number of anilines is 1. The molecule has 0 spiro atoms. The molecule has 1 atom stereocenters. The summed E-state index contributed by atoms with van der Waals surface area (Å²) >= 11 is 17.5. The van der Waals surface area contributed by atoms with Gasteiger partial charge in [-0.2, -0.15) is 17.9 Å². The first-order valence-electron chi connectivity index (χ1n) is 7.55. The Morgan fingerprint density at radius 1 is 1.14 bits per heavy atom. The maximum Gasteiger partial charge on any atom is 0.404 e. The van der Waals surface area contributed by atoms with E-state index in [2.05, 4.69) is 5.32 Å². The van der Waals surface area contributed by atoms with Gasteiger partial charge in [-0.25, -0.2) is 12.8 Å². The zero-order valence-electron chi connectivity index (χ0n) is 14.5. The number of alkyl halides is 3. The minimum absolute atomic E-state index is 0.0893. The Kier molecular flexibility index (Phi) is 6.80. The van der Waals surface area contributed by atoms with Crippen molar-refractivity contribution in [2.24, 2.45) is 7.05 Å². The van der Waals surface area contributed by atoms with Crippen molar-refractivity contribution < 1.29 is 30.8 Å². The van der Waals surface area contributed by atoms with Crippen LogP contribution in [0.25, 0.3) is 0 Å². The highest BCUT2D eigenvalue weighted by molar-refractivity contribution is 7.89. The fraction of sp³-hybridized carbons (Fsp3) is 0.267. The topological polar surface area (TPSA) is 80.2 Å². The second kappa shape index (κ2) is 8.31. The number of aryl methyl sites for hydroxylation is 1. The maximum absolute atomic E-state index is 13.4. The quantitative estimate of drug-likeness (QED) is 0.469. The van der Waals surface area contributed by atoms with E-state index in [0.717, 1.165) is 22.9 Å². The van der Waals surface area contributed by atoms with E-state index in [0.29, 0.717) is 6.92 Å². The van der Waals surface area contributed by atoms with E-state index >= 15 is 0 Å². The first kappa shape index (κ1) is 23.7. The van der Waals surface area contributed by atoms with Crippen molar-refractivity contribution in [3.05, 3.63) is 44.9 Å². The van der Waals surface area contributed by atoms with Crippen LogP contribution in [-0.2, 0) is 17.1 Å². The Labute approximate surface area is 177 Å². The van der Waals surface area contributed by atoms with Crippen LogP contribution in [0.4, 0.5) is 23.2 Å². The van der Waals surface area contributed by atoms with Gasteiger partial charge in [-0.3, -0.25) is 4.79 Å². The number of rotatable bonds is 5. The molecule has 0 aliphatic rings. The van der Waals surface area contributed by atoms with Crippen LogP contribution in [0, 0.1) is 5.82 Å². The Morgan fingerprint density at radius 2 is 1.72 bits per heavy atom. The predicted octanol–water partition coefficient (Wildman–Crippen LogP) is 4.61. The van der Waals surface area contributed by atoms with Gasteiger partial charge in [0.2, 0.25) is 10.0 Å². The van der Waals surface area contributed by atoms with E-state index in [1.807, 2.05) is 0 Å². The molecule has 14 heteroatoms. The van der Waals surface area contributed by atoms with E-state index in [9.17, 15) is 30.8 Å². The lowest BCUT2D eigenvalue weighted by Gasteiger charge is -2.16. The average molecular weight is 497 g/mol. The van der Waals surface area contributed by atoms with E-state index in [1.54, 1.807) is 0 Å². The number of halogens is 7. The number of carbonyl (C=O) groups is 1. The molecule has 0 fully saturated rings. The molecule has 160 valence electrons. The van der Waals surface area contributed by atoms with Gasteiger partial charge in [-0.15, -0.1) is 0 Å². The molecular formula is C15H12Cl3F4N3O3S. The summed E-state index contributed by atoms with van der Waals surface area (Å²) in [5.41, 5.74) is -0.475. The van der Waals surface area contributed by atoms with Gasteiger partial charge in [0.1, 0.15) is 22.4 Å². The number of benzene rings is 1. The van der Waals surface area contributed by atoms with Crippen molar-refractivity contribution in [1.82, 2.24) is 9.29 Å². The third-order valence-corrected chi connectivity index (χ3v) is 6.60. The SMILES string of the molecule is C[C@@H](NS(=O)(=O)c1cn(C)c(C(=O)Nc2ccc(F)c(Cl)c2Cl)c1Cl)C(F)(F)F.